The summed E-state index contributed by atoms with van der Waals surface area (Å²) in [6, 6.07) is 0. The first-order valence-electron chi connectivity index (χ1n) is 2.22. The lowest BCUT2D eigenvalue weighted by molar-refractivity contribution is 1.36. The minimum Gasteiger partial charge on any atom is -0.368 e. The Bertz CT molecular complexity index is 157. The number of allylic oxidation sites excluding steroid dienone is 5. The van der Waals surface area contributed by atoms with Crippen LogP contribution in [0.3, 0.4) is 0 Å². The van der Waals surface area contributed by atoms with Crippen LogP contribution in [0.15, 0.2) is 29.0 Å². The second kappa shape index (κ2) is 1.99. The Kier molecular flexibility index (Phi) is 1.34. The summed E-state index contributed by atoms with van der Waals surface area (Å²) in [5, 5.41) is 0.563. The van der Waals surface area contributed by atoms with Crippen molar-refractivity contribution in [2.24, 2.45) is 5.73 Å². The third-order valence-electron chi connectivity index (χ3n) is 0.835. The van der Waals surface area contributed by atoms with Gasteiger partial charge in [0.1, 0.15) is 6.08 Å². The quantitative estimate of drug-likeness (QED) is 0.487. The molecule has 0 spiro atoms. The van der Waals surface area contributed by atoms with Crippen LogP contribution >= 0.6 is 11.6 Å². The molecule has 0 unspecified atom stereocenters. The van der Waals surface area contributed by atoms with Crippen molar-refractivity contribution < 1.29 is 0 Å². The molecule has 0 aliphatic heterocycles. The molecule has 1 nitrogen and oxygen atoms in total. The van der Waals surface area contributed by atoms with E-state index in [4.69, 9.17) is 17.3 Å². The van der Waals surface area contributed by atoms with Crippen LogP contribution in [0.2, 0.25) is 0 Å². The fourth-order valence-electron chi connectivity index (χ4n) is 0.429. The molecule has 1 rings (SSSR count). The summed E-state index contributed by atoms with van der Waals surface area (Å²) < 4.78 is 0. The average molecular weight is 127 g/mol. The monoisotopic (exact) mass is 126 g/mol. The van der Waals surface area contributed by atoms with E-state index in [1.54, 1.807) is 18.2 Å². The van der Waals surface area contributed by atoms with Crippen molar-refractivity contribution in [1.82, 2.24) is 0 Å². The molecular formula is C6H5ClN+. The SMILES string of the molecule is NC1=[C+]C=CC=C1Cl. The smallest absolute Gasteiger partial charge is 0.220 e. The Hall–Kier alpha value is -0.780. The third kappa shape index (κ3) is 0.890. The Morgan fingerprint density at radius 1 is 1.62 bits per heavy atom. The predicted octanol–water partition coefficient (Wildman–Crippen LogP) is 1.32. The second-order valence-corrected chi connectivity index (χ2v) is 1.84. The Morgan fingerprint density at radius 3 is 2.75 bits per heavy atom. The van der Waals surface area contributed by atoms with Crippen LogP contribution in [0.1, 0.15) is 0 Å². The van der Waals surface area contributed by atoms with Crippen molar-refractivity contribution >= 4 is 11.6 Å². The maximum atomic E-state index is 5.55. The summed E-state index contributed by atoms with van der Waals surface area (Å²) in [7, 11) is 0. The molecule has 0 saturated heterocycles. The van der Waals surface area contributed by atoms with Gasteiger partial charge in [-0.3, -0.25) is 0 Å². The van der Waals surface area contributed by atoms with Gasteiger partial charge in [-0.2, -0.15) is 0 Å². The standard InChI is InChI=1S/C6H5ClN/c7-5-3-1-2-4-6(5)8/h1-3H,8H2/q+1. The van der Waals surface area contributed by atoms with E-state index in [2.05, 4.69) is 6.08 Å². The van der Waals surface area contributed by atoms with Gasteiger partial charge in [0, 0.05) is 17.7 Å². The molecule has 8 heavy (non-hydrogen) atoms. The Morgan fingerprint density at radius 2 is 2.38 bits per heavy atom. The molecule has 40 valence electrons. The van der Waals surface area contributed by atoms with E-state index in [9.17, 15) is 0 Å². The summed E-state index contributed by atoms with van der Waals surface area (Å²) in [5.74, 6) is 0. The van der Waals surface area contributed by atoms with Crippen molar-refractivity contribution in [1.29, 1.82) is 0 Å². The van der Waals surface area contributed by atoms with Crippen molar-refractivity contribution in [2.75, 3.05) is 0 Å². The molecule has 1 aliphatic rings. The highest BCUT2D eigenvalue weighted by molar-refractivity contribution is 6.32. The molecule has 0 aromatic heterocycles. The second-order valence-electron chi connectivity index (χ2n) is 1.43. The van der Waals surface area contributed by atoms with Gasteiger partial charge in [0.15, 0.2) is 5.03 Å². The highest BCUT2D eigenvalue weighted by Gasteiger charge is 2.07. The Labute approximate surface area is 53.1 Å². The van der Waals surface area contributed by atoms with E-state index in [-0.39, 0.29) is 0 Å². The first-order chi connectivity index (χ1) is 3.80. The zero-order chi connectivity index (χ0) is 5.98. The van der Waals surface area contributed by atoms with Gasteiger partial charge >= 0.3 is 0 Å². The summed E-state index contributed by atoms with van der Waals surface area (Å²) in [5.41, 5.74) is 5.84. The number of hydrogen-bond donors (Lipinski definition) is 1. The molecule has 0 saturated carbocycles. The van der Waals surface area contributed by atoms with Gasteiger partial charge in [0.05, 0.1) is 12.2 Å². The van der Waals surface area contributed by atoms with Crippen LogP contribution in [0.5, 0.6) is 0 Å². The van der Waals surface area contributed by atoms with Crippen LogP contribution in [0.25, 0.3) is 0 Å². The summed E-state index contributed by atoms with van der Waals surface area (Å²) in [4.78, 5) is 0. The molecule has 1 aliphatic carbocycles. The molecular weight excluding hydrogens is 122 g/mol. The predicted molar refractivity (Wildman–Crippen MR) is 34.0 cm³/mol. The summed E-state index contributed by atoms with van der Waals surface area (Å²) >= 11 is 5.55. The normalized spacial score (nSPS) is 16.6. The van der Waals surface area contributed by atoms with Gasteiger partial charge < -0.3 is 5.73 Å². The summed E-state index contributed by atoms with van der Waals surface area (Å²) in [6.07, 6.45) is 7.99. The topological polar surface area (TPSA) is 26.0 Å². The Balaban J connectivity index is 2.93. The number of nitrogens with two attached hydrogens (primary N) is 1. The molecule has 0 atom stereocenters. The van der Waals surface area contributed by atoms with E-state index >= 15 is 0 Å². The van der Waals surface area contributed by atoms with Gasteiger partial charge in [-0.05, 0) is 0 Å². The maximum Gasteiger partial charge on any atom is 0.220 e. The lowest BCUT2D eigenvalue weighted by Crippen LogP contribution is -1.97. The maximum absolute atomic E-state index is 5.55. The first kappa shape index (κ1) is 5.36. The van der Waals surface area contributed by atoms with Crippen molar-refractivity contribution in [3.8, 4) is 0 Å². The van der Waals surface area contributed by atoms with E-state index in [1.165, 1.54) is 0 Å². The van der Waals surface area contributed by atoms with Gasteiger partial charge in [-0.15, -0.1) is 0 Å². The van der Waals surface area contributed by atoms with Crippen LogP contribution in [0.4, 0.5) is 0 Å². The van der Waals surface area contributed by atoms with Crippen molar-refractivity contribution in [2.45, 2.75) is 0 Å². The molecule has 0 radical (unpaired) electrons. The van der Waals surface area contributed by atoms with Crippen molar-refractivity contribution in [3.05, 3.63) is 35.0 Å². The number of halogens is 1. The number of rotatable bonds is 0. The van der Waals surface area contributed by atoms with Crippen LogP contribution in [-0.4, -0.2) is 0 Å². The van der Waals surface area contributed by atoms with E-state index in [0.717, 1.165) is 0 Å². The minimum atomic E-state index is 0.508. The average Bonchev–Trinajstić information content (AvgIpc) is 1.77. The molecule has 0 heterocycles. The molecule has 0 fully saturated rings. The molecule has 0 bridgehead atoms. The van der Waals surface area contributed by atoms with Gasteiger partial charge in [-0.1, -0.05) is 0 Å². The fourth-order valence-corrected chi connectivity index (χ4v) is 0.557. The largest absolute Gasteiger partial charge is 0.368 e. The van der Waals surface area contributed by atoms with Gasteiger partial charge in [0.25, 0.3) is 0 Å². The molecule has 2 heteroatoms. The highest BCUT2D eigenvalue weighted by Crippen LogP contribution is 2.11. The molecule has 0 amide bonds. The fraction of sp³-hybridized carbons (Fsp3) is 0. The molecule has 2 N–H and O–H groups in total. The third-order valence-corrected chi connectivity index (χ3v) is 1.16. The lowest BCUT2D eigenvalue weighted by atomic mass is 10.2. The molecule has 0 aromatic rings. The van der Waals surface area contributed by atoms with Gasteiger partial charge in [-0.25, -0.2) is 0 Å². The molecule has 0 aromatic carbocycles. The lowest BCUT2D eigenvalue weighted by Gasteiger charge is -1.86. The first-order valence-corrected chi connectivity index (χ1v) is 2.60. The van der Waals surface area contributed by atoms with E-state index in [0.29, 0.717) is 10.7 Å². The van der Waals surface area contributed by atoms with E-state index < -0.39 is 0 Å². The van der Waals surface area contributed by atoms with Gasteiger partial charge in [0.2, 0.25) is 5.70 Å². The summed E-state index contributed by atoms with van der Waals surface area (Å²) in [6.45, 7) is 0. The zero-order valence-electron chi connectivity index (χ0n) is 4.19. The minimum absolute atomic E-state index is 0.508. The van der Waals surface area contributed by atoms with Crippen LogP contribution in [0, 0.1) is 6.08 Å². The van der Waals surface area contributed by atoms with Crippen LogP contribution in [-0.2, 0) is 0 Å². The van der Waals surface area contributed by atoms with Crippen molar-refractivity contribution in [3.63, 3.8) is 0 Å². The van der Waals surface area contributed by atoms with Crippen LogP contribution < -0.4 is 5.73 Å². The van der Waals surface area contributed by atoms with E-state index in [1.807, 2.05) is 0 Å². The zero-order valence-corrected chi connectivity index (χ0v) is 4.94. The highest BCUT2D eigenvalue weighted by atomic mass is 35.5. The number of hydrogen-bond acceptors (Lipinski definition) is 1.